The lowest BCUT2D eigenvalue weighted by Gasteiger charge is -2.17. The minimum Gasteiger partial charge on any atom is -0.438 e. The number of carbonyl (C=O) groups excluding carboxylic acids is 1. The van der Waals surface area contributed by atoms with Crippen LogP contribution in [0.5, 0.6) is 0 Å². The molecule has 0 radical (unpaired) electrons. The first-order chi connectivity index (χ1) is 7.69. The summed E-state index contributed by atoms with van der Waals surface area (Å²) in [6.45, 7) is 6.99. The van der Waals surface area contributed by atoms with Crippen molar-refractivity contribution in [2.24, 2.45) is 17.8 Å². The summed E-state index contributed by atoms with van der Waals surface area (Å²) in [7, 11) is 0. The number of hydrogen-bond donors (Lipinski definition) is 0. The van der Waals surface area contributed by atoms with E-state index in [0.29, 0.717) is 18.4 Å². The summed E-state index contributed by atoms with van der Waals surface area (Å²) >= 11 is 0. The zero-order chi connectivity index (χ0) is 12.0. The van der Waals surface area contributed by atoms with Crippen LogP contribution in [-0.2, 0) is 14.3 Å². The highest BCUT2D eigenvalue weighted by Crippen LogP contribution is 2.39. The molecule has 1 aliphatic rings. The number of hydrogen-bond acceptors (Lipinski definition) is 3. The van der Waals surface area contributed by atoms with E-state index in [0.717, 1.165) is 19.3 Å². The molecular weight excluding hydrogens is 204 g/mol. The van der Waals surface area contributed by atoms with Crippen LogP contribution in [0.4, 0.5) is 0 Å². The minimum absolute atomic E-state index is 0.0590. The maximum atomic E-state index is 11.8. The normalized spacial score (nSPS) is 29.3. The van der Waals surface area contributed by atoms with Crippen LogP contribution >= 0.6 is 0 Å². The van der Waals surface area contributed by atoms with Gasteiger partial charge in [-0.15, -0.1) is 0 Å². The Morgan fingerprint density at radius 3 is 2.69 bits per heavy atom. The molecule has 0 aromatic rings. The number of carbonyl (C=O) groups is 1. The van der Waals surface area contributed by atoms with Crippen LogP contribution in [0.3, 0.4) is 0 Å². The van der Waals surface area contributed by atoms with Crippen LogP contribution in [0.1, 0.15) is 46.5 Å². The van der Waals surface area contributed by atoms with Gasteiger partial charge in [-0.25, -0.2) is 0 Å². The lowest BCUT2D eigenvalue weighted by molar-refractivity contribution is -0.162. The third-order valence-corrected chi connectivity index (χ3v) is 3.38. The summed E-state index contributed by atoms with van der Waals surface area (Å²) in [5.74, 6) is 1.22. The van der Waals surface area contributed by atoms with Gasteiger partial charge in [-0.3, -0.25) is 4.79 Å². The van der Waals surface area contributed by atoms with Gasteiger partial charge in [0.1, 0.15) is 0 Å². The molecule has 0 heterocycles. The summed E-state index contributed by atoms with van der Waals surface area (Å²) in [6, 6.07) is 0. The molecule has 1 saturated carbocycles. The fraction of sp³-hybridized carbons (Fsp3) is 0.923. The van der Waals surface area contributed by atoms with E-state index >= 15 is 0 Å². The minimum atomic E-state index is -0.0590. The molecule has 0 aromatic heterocycles. The van der Waals surface area contributed by atoms with Crippen molar-refractivity contribution in [3.05, 3.63) is 0 Å². The molecule has 1 rings (SSSR count). The monoisotopic (exact) mass is 228 g/mol. The molecule has 3 unspecified atom stereocenters. The van der Waals surface area contributed by atoms with Crippen LogP contribution in [0.25, 0.3) is 0 Å². The van der Waals surface area contributed by atoms with E-state index < -0.39 is 0 Å². The van der Waals surface area contributed by atoms with Crippen molar-refractivity contribution in [1.82, 2.24) is 0 Å². The summed E-state index contributed by atoms with van der Waals surface area (Å²) in [5.41, 5.74) is 0. The Bertz CT molecular complexity index is 215. The van der Waals surface area contributed by atoms with Gasteiger partial charge < -0.3 is 9.47 Å². The molecule has 0 spiro atoms. The van der Waals surface area contributed by atoms with E-state index in [1.54, 1.807) is 0 Å². The average Bonchev–Trinajstić information content (AvgIpc) is 2.60. The van der Waals surface area contributed by atoms with E-state index in [1.165, 1.54) is 6.42 Å². The second-order valence-electron chi connectivity index (χ2n) is 4.81. The first kappa shape index (κ1) is 13.5. The van der Waals surface area contributed by atoms with Gasteiger partial charge in [0.2, 0.25) is 0 Å². The molecule has 3 atom stereocenters. The van der Waals surface area contributed by atoms with Crippen LogP contribution in [0, 0.1) is 17.8 Å². The topological polar surface area (TPSA) is 35.5 Å². The first-order valence-corrected chi connectivity index (χ1v) is 6.43. The van der Waals surface area contributed by atoms with Crippen molar-refractivity contribution in [2.45, 2.75) is 46.5 Å². The van der Waals surface area contributed by atoms with Crippen LogP contribution < -0.4 is 0 Å². The summed E-state index contributed by atoms with van der Waals surface area (Å²) in [6.07, 6.45) is 4.43. The standard InChI is InChI=1S/C13H24O3/c1-4-6-11-7-10(3)8-12(11)13(14)16-9-15-5-2/h10-12H,4-9H2,1-3H3. The molecule has 94 valence electrons. The van der Waals surface area contributed by atoms with Gasteiger partial charge in [0.25, 0.3) is 0 Å². The van der Waals surface area contributed by atoms with Crippen molar-refractivity contribution in [1.29, 1.82) is 0 Å². The molecule has 16 heavy (non-hydrogen) atoms. The molecule has 0 N–H and O–H groups in total. The molecule has 0 amide bonds. The van der Waals surface area contributed by atoms with Gasteiger partial charge in [-0.05, 0) is 38.0 Å². The Hall–Kier alpha value is -0.570. The molecule has 3 heteroatoms. The van der Waals surface area contributed by atoms with Gasteiger partial charge in [-0.2, -0.15) is 0 Å². The molecule has 1 fully saturated rings. The third-order valence-electron chi connectivity index (χ3n) is 3.38. The average molecular weight is 228 g/mol. The zero-order valence-electron chi connectivity index (χ0n) is 10.7. The van der Waals surface area contributed by atoms with Gasteiger partial charge in [0.15, 0.2) is 6.79 Å². The largest absolute Gasteiger partial charge is 0.438 e. The maximum absolute atomic E-state index is 11.8. The van der Waals surface area contributed by atoms with Gasteiger partial charge in [0.05, 0.1) is 5.92 Å². The highest BCUT2D eigenvalue weighted by atomic mass is 16.7. The molecule has 0 saturated heterocycles. The second-order valence-corrected chi connectivity index (χ2v) is 4.81. The number of esters is 1. The predicted octanol–water partition coefficient (Wildman–Crippen LogP) is 2.99. The molecule has 0 bridgehead atoms. The maximum Gasteiger partial charge on any atom is 0.311 e. The summed E-state index contributed by atoms with van der Waals surface area (Å²) in [5, 5.41) is 0. The van der Waals surface area contributed by atoms with E-state index in [-0.39, 0.29) is 18.7 Å². The van der Waals surface area contributed by atoms with Gasteiger partial charge >= 0.3 is 5.97 Å². The zero-order valence-corrected chi connectivity index (χ0v) is 10.7. The smallest absolute Gasteiger partial charge is 0.311 e. The van der Waals surface area contributed by atoms with Crippen LogP contribution in [-0.4, -0.2) is 19.4 Å². The lowest BCUT2D eigenvalue weighted by Crippen LogP contribution is -2.22. The molecule has 0 aliphatic heterocycles. The molecular formula is C13H24O3. The van der Waals surface area contributed by atoms with E-state index in [4.69, 9.17) is 9.47 Å². The quantitative estimate of drug-likeness (QED) is 0.398. The summed E-state index contributed by atoms with van der Waals surface area (Å²) in [4.78, 5) is 11.8. The van der Waals surface area contributed by atoms with E-state index in [9.17, 15) is 4.79 Å². The lowest BCUT2D eigenvalue weighted by atomic mass is 9.92. The van der Waals surface area contributed by atoms with Gasteiger partial charge in [0, 0.05) is 6.61 Å². The Balaban J connectivity index is 2.40. The van der Waals surface area contributed by atoms with E-state index in [1.807, 2.05) is 6.92 Å². The molecule has 0 aromatic carbocycles. The summed E-state index contributed by atoms with van der Waals surface area (Å²) < 4.78 is 10.2. The van der Waals surface area contributed by atoms with Crippen LogP contribution in [0.2, 0.25) is 0 Å². The van der Waals surface area contributed by atoms with Crippen LogP contribution in [0.15, 0.2) is 0 Å². The fourth-order valence-corrected chi connectivity index (χ4v) is 2.67. The van der Waals surface area contributed by atoms with Crippen molar-refractivity contribution in [3.63, 3.8) is 0 Å². The Morgan fingerprint density at radius 1 is 1.31 bits per heavy atom. The number of rotatable bonds is 6. The van der Waals surface area contributed by atoms with Crippen molar-refractivity contribution in [3.8, 4) is 0 Å². The van der Waals surface area contributed by atoms with Gasteiger partial charge in [-0.1, -0.05) is 20.3 Å². The second kappa shape index (κ2) is 6.89. The highest BCUT2D eigenvalue weighted by molar-refractivity contribution is 5.73. The Morgan fingerprint density at radius 2 is 2.06 bits per heavy atom. The van der Waals surface area contributed by atoms with Crippen molar-refractivity contribution < 1.29 is 14.3 Å². The van der Waals surface area contributed by atoms with E-state index in [2.05, 4.69) is 13.8 Å². The predicted molar refractivity (Wildman–Crippen MR) is 62.9 cm³/mol. The highest BCUT2D eigenvalue weighted by Gasteiger charge is 2.37. The first-order valence-electron chi connectivity index (χ1n) is 6.43. The third kappa shape index (κ3) is 3.78. The number of ether oxygens (including phenoxy) is 2. The molecule has 3 nitrogen and oxygen atoms in total. The fourth-order valence-electron chi connectivity index (χ4n) is 2.67. The Labute approximate surface area is 98.5 Å². The van der Waals surface area contributed by atoms with Crippen molar-refractivity contribution in [2.75, 3.05) is 13.4 Å². The Kier molecular flexibility index (Phi) is 5.81. The molecule has 1 aliphatic carbocycles. The SMILES string of the molecule is CCCC1CC(C)CC1C(=O)OCOCC. The van der Waals surface area contributed by atoms with Crippen molar-refractivity contribution >= 4 is 5.97 Å².